The molecule has 1 heterocycles. The molecule has 2 N–H and O–H groups in total. The third kappa shape index (κ3) is 4.67. The zero-order valence-electron chi connectivity index (χ0n) is 11.5. The van der Waals surface area contributed by atoms with Crippen LogP contribution in [0.15, 0.2) is 24.3 Å². The average Bonchev–Trinajstić information content (AvgIpc) is 2.46. The summed E-state index contributed by atoms with van der Waals surface area (Å²) in [4.78, 5) is 2.56. The molecule has 1 fully saturated rings. The summed E-state index contributed by atoms with van der Waals surface area (Å²) in [5.41, 5.74) is 7.44. The Kier molecular flexibility index (Phi) is 6.02. The van der Waals surface area contributed by atoms with Crippen LogP contribution in [0.1, 0.15) is 31.4 Å². The summed E-state index contributed by atoms with van der Waals surface area (Å²) in [6.45, 7) is 5.80. The number of nitrogens with zero attached hydrogens (tertiary/aromatic N) is 1. The zero-order valence-corrected chi connectivity index (χ0v) is 13.1. The fourth-order valence-electron chi connectivity index (χ4n) is 2.43. The smallest absolute Gasteiger partial charge is 0.0406 e. The molecule has 4 heteroatoms. The molecule has 0 spiro atoms. The van der Waals surface area contributed by atoms with Gasteiger partial charge in [0.2, 0.25) is 0 Å². The van der Waals surface area contributed by atoms with Crippen LogP contribution < -0.4 is 5.73 Å². The highest BCUT2D eigenvalue weighted by Gasteiger charge is 2.19. The summed E-state index contributed by atoms with van der Waals surface area (Å²) in [5.74, 6) is 1.26. The third-order valence-corrected chi connectivity index (χ3v) is 5.36. The Morgan fingerprint density at radius 3 is 2.84 bits per heavy atom. The van der Waals surface area contributed by atoms with Crippen molar-refractivity contribution in [3.63, 3.8) is 0 Å². The quantitative estimate of drug-likeness (QED) is 0.901. The lowest BCUT2D eigenvalue weighted by Crippen LogP contribution is -2.39. The zero-order chi connectivity index (χ0) is 13.7. The van der Waals surface area contributed by atoms with Gasteiger partial charge in [-0.2, -0.15) is 11.8 Å². The van der Waals surface area contributed by atoms with Crippen LogP contribution in [0.3, 0.4) is 0 Å². The molecule has 0 aromatic heterocycles. The molecule has 2 rings (SSSR count). The minimum absolute atomic E-state index is 0.118. The number of rotatable bonds is 5. The topological polar surface area (TPSA) is 29.3 Å². The van der Waals surface area contributed by atoms with Crippen LogP contribution >= 0.6 is 23.4 Å². The molecule has 2 atom stereocenters. The maximum atomic E-state index is 6.25. The Hall–Kier alpha value is -0.220. The molecule has 1 aromatic rings. The van der Waals surface area contributed by atoms with Crippen molar-refractivity contribution in [3.8, 4) is 0 Å². The molecular formula is C15H23ClN2S. The van der Waals surface area contributed by atoms with Crippen LogP contribution in [0, 0.1) is 0 Å². The van der Waals surface area contributed by atoms with E-state index in [9.17, 15) is 0 Å². The summed E-state index contributed by atoms with van der Waals surface area (Å²) in [5, 5.41) is 1.58. The van der Waals surface area contributed by atoms with Crippen LogP contribution in [0.2, 0.25) is 5.02 Å². The fourth-order valence-corrected chi connectivity index (χ4v) is 3.80. The van der Waals surface area contributed by atoms with E-state index in [1.807, 2.05) is 24.3 Å². The van der Waals surface area contributed by atoms with Crippen LogP contribution in [0.4, 0.5) is 0 Å². The van der Waals surface area contributed by atoms with Crippen molar-refractivity contribution in [2.75, 3.05) is 25.4 Å². The van der Waals surface area contributed by atoms with Crippen molar-refractivity contribution >= 4 is 23.4 Å². The van der Waals surface area contributed by atoms with E-state index in [0.29, 0.717) is 0 Å². The fraction of sp³-hybridized carbons (Fsp3) is 0.600. The van der Waals surface area contributed by atoms with E-state index in [-0.39, 0.29) is 6.04 Å². The van der Waals surface area contributed by atoms with Gasteiger partial charge in [-0.1, -0.05) is 30.7 Å². The van der Waals surface area contributed by atoms with Gasteiger partial charge in [0.1, 0.15) is 0 Å². The lowest BCUT2D eigenvalue weighted by atomic mass is 10.0. The molecule has 2 nitrogen and oxygen atoms in total. The molecule has 0 saturated carbocycles. The number of benzene rings is 1. The first-order valence-electron chi connectivity index (χ1n) is 7.04. The Morgan fingerprint density at radius 1 is 1.42 bits per heavy atom. The molecule has 1 aliphatic rings. The Labute approximate surface area is 125 Å². The minimum atomic E-state index is 0.118. The molecule has 1 aliphatic heterocycles. The number of nitrogens with two attached hydrogens (primary N) is 1. The van der Waals surface area contributed by atoms with Gasteiger partial charge in [0.25, 0.3) is 0 Å². The number of hydrogen-bond acceptors (Lipinski definition) is 3. The van der Waals surface area contributed by atoms with E-state index in [1.54, 1.807) is 0 Å². The second kappa shape index (κ2) is 7.53. The second-order valence-electron chi connectivity index (χ2n) is 5.15. The molecule has 106 valence electrons. The van der Waals surface area contributed by atoms with Gasteiger partial charge >= 0.3 is 0 Å². The van der Waals surface area contributed by atoms with Crippen molar-refractivity contribution in [1.82, 2.24) is 4.90 Å². The van der Waals surface area contributed by atoms with Crippen molar-refractivity contribution in [1.29, 1.82) is 0 Å². The first kappa shape index (κ1) is 15.2. The summed E-state index contributed by atoms with van der Waals surface area (Å²) in [7, 11) is 0. The summed E-state index contributed by atoms with van der Waals surface area (Å²) < 4.78 is 0. The summed E-state index contributed by atoms with van der Waals surface area (Å²) in [6.07, 6.45) is 2.28. The average molecular weight is 299 g/mol. The molecule has 0 bridgehead atoms. The lowest BCUT2D eigenvalue weighted by molar-refractivity contribution is 0.270. The van der Waals surface area contributed by atoms with Gasteiger partial charge in [0.15, 0.2) is 0 Å². The molecule has 0 amide bonds. The predicted molar refractivity (Wildman–Crippen MR) is 86.0 cm³/mol. The molecular weight excluding hydrogens is 276 g/mol. The van der Waals surface area contributed by atoms with Gasteiger partial charge in [0.05, 0.1) is 0 Å². The SMILES string of the molecule is CCC1CN(CCC(N)c2ccc(Cl)cc2)CCS1. The van der Waals surface area contributed by atoms with E-state index < -0.39 is 0 Å². The molecule has 19 heavy (non-hydrogen) atoms. The molecule has 1 aromatic carbocycles. The highest BCUT2D eigenvalue weighted by atomic mass is 35.5. The Bertz CT molecular complexity index is 382. The van der Waals surface area contributed by atoms with E-state index >= 15 is 0 Å². The van der Waals surface area contributed by atoms with Gasteiger partial charge in [-0.15, -0.1) is 0 Å². The largest absolute Gasteiger partial charge is 0.324 e. The van der Waals surface area contributed by atoms with Gasteiger partial charge in [-0.3, -0.25) is 0 Å². The Balaban J connectivity index is 1.79. The number of halogens is 1. The first-order valence-corrected chi connectivity index (χ1v) is 8.46. The summed E-state index contributed by atoms with van der Waals surface area (Å²) >= 11 is 8.01. The van der Waals surface area contributed by atoms with Crippen molar-refractivity contribution in [2.24, 2.45) is 5.73 Å². The minimum Gasteiger partial charge on any atom is -0.324 e. The first-order chi connectivity index (χ1) is 9.19. The highest BCUT2D eigenvalue weighted by molar-refractivity contribution is 8.00. The van der Waals surface area contributed by atoms with Gasteiger partial charge in [0, 0.05) is 41.7 Å². The maximum Gasteiger partial charge on any atom is 0.0406 e. The third-order valence-electron chi connectivity index (χ3n) is 3.73. The summed E-state index contributed by atoms with van der Waals surface area (Å²) in [6, 6.07) is 8.02. The molecule has 0 aliphatic carbocycles. The van der Waals surface area contributed by atoms with Crippen molar-refractivity contribution in [3.05, 3.63) is 34.9 Å². The predicted octanol–water partition coefficient (Wildman–Crippen LogP) is 3.56. The molecule has 2 unspecified atom stereocenters. The van der Waals surface area contributed by atoms with E-state index in [4.69, 9.17) is 17.3 Å². The maximum absolute atomic E-state index is 6.25. The van der Waals surface area contributed by atoms with Crippen molar-refractivity contribution < 1.29 is 0 Å². The normalized spacial score (nSPS) is 22.4. The highest BCUT2D eigenvalue weighted by Crippen LogP contribution is 2.23. The lowest BCUT2D eigenvalue weighted by Gasteiger charge is -2.32. The van der Waals surface area contributed by atoms with E-state index in [2.05, 4.69) is 23.6 Å². The van der Waals surface area contributed by atoms with Crippen LogP contribution in [0.5, 0.6) is 0 Å². The second-order valence-corrected chi connectivity index (χ2v) is 6.99. The standard InChI is InChI=1S/C15H23ClN2S/c1-2-14-11-18(9-10-19-14)8-7-15(17)12-3-5-13(16)6-4-12/h3-6,14-15H,2,7-11,17H2,1H3. The van der Waals surface area contributed by atoms with Gasteiger partial charge in [-0.25, -0.2) is 0 Å². The number of hydrogen-bond donors (Lipinski definition) is 1. The number of thioether (sulfide) groups is 1. The Morgan fingerprint density at radius 2 is 2.16 bits per heavy atom. The monoisotopic (exact) mass is 298 g/mol. The molecule has 0 radical (unpaired) electrons. The van der Waals surface area contributed by atoms with E-state index in [0.717, 1.165) is 23.2 Å². The van der Waals surface area contributed by atoms with Crippen LogP contribution in [-0.2, 0) is 0 Å². The van der Waals surface area contributed by atoms with Crippen LogP contribution in [-0.4, -0.2) is 35.5 Å². The van der Waals surface area contributed by atoms with E-state index in [1.165, 1.54) is 30.8 Å². The van der Waals surface area contributed by atoms with Crippen LogP contribution in [0.25, 0.3) is 0 Å². The van der Waals surface area contributed by atoms with Crippen molar-refractivity contribution in [2.45, 2.75) is 31.1 Å². The molecule has 1 saturated heterocycles. The van der Waals surface area contributed by atoms with Gasteiger partial charge < -0.3 is 10.6 Å². The van der Waals surface area contributed by atoms with Gasteiger partial charge in [-0.05, 0) is 30.5 Å².